The van der Waals surface area contributed by atoms with Crippen LogP contribution in [0.25, 0.3) is 11.0 Å². The largest absolute Gasteiger partial charge is 0.497 e. The molecule has 0 bridgehead atoms. The number of ether oxygens (including phenoxy) is 4. The zero-order chi connectivity index (χ0) is 22.5. The molecule has 1 aromatic heterocycles. The van der Waals surface area contributed by atoms with Crippen molar-refractivity contribution in [1.82, 2.24) is 0 Å². The van der Waals surface area contributed by atoms with Crippen molar-refractivity contribution in [3.63, 3.8) is 0 Å². The summed E-state index contributed by atoms with van der Waals surface area (Å²) in [5, 5.41) is 0.436. The van der Waals surface area contributed by atoms with Gasteiger partial charge in [-0.3, -0.25) is 9.59 Å². The molecule has 0 aliphatic rings. The van der Waals surface area contributed by atoms with E-state index in [0.717, 1.165) is 0 Å². The van der Waals surface area contributed by atoms with Crippen LogP contribution in [0.1, 0.15) is 28.3 Å². The summed E-state index contributed by atoms with van der Waals surface area (Å²) in [5.41, 5.74) is 0.0962. The molecule has 0 radical (unpaired) electrons. The lowest BCUT2D eigenvalue weighted by Gasteiger charge is -2.17. The summed E-state index contributed by atoms with van der Waals surface area (Å²) in [4.78, 5) is 37.9. The van der Waals surface area contributed by atoms with E-state index in [2.05, 4.69) is 0 Å². The minimum Gasteiger partial charge on any atom is -0.497 e. The summed E-state index contributed by atoms with van der Waals surface area (Å²) in [5.74, 6) is -0.912. The van der Waals surface area contributed by atoms with Crippen LogP contribution in [0.2, 0.25) is 0 Å². The van der Waals surface area contributed by atoms with Gasteiger partial charge in [0.05, 0.1) is 34.4 Å². The third kappa shape index (κ3) is 4.37. The molecule has 162 valence electrons. The minimum atomic E-state index is -1.03. The van der Waals surface area contributed by atoms with E-state index in [1.165, 1.54) is 34.5 Å². The van der Waals surface area contributed by atoms with E-state index in [1.54, 1.807) is 36.4 Å². The van der Waals surface area contributed by atoms with Gasteiger partial charge in [0.1, 0.15) is 5.75 Å². The molecule has 2 aromatic carbocycles. The summed E-state index contributed by atoms with van der Waals surface area (Å²) in [7, 11) is 5.59. The molecule has 8 heteroatoms. The molecule has 3 rings (SSSR count). The number of esters is 1. The van der Waals surface area contributed by atoms with E-state index in [4.69, 9.17) is 23.4 Å². The molecular formula is C23H22O8. The molecule has 31 heavy (non-hydrogen) atoms. The number of Topliss-reactive ketones (excluding diaryl/α,β-unsaturated/α-hetero) is 1. The number of hydrogen-bond acceptors (Lipinski definition) is 8. The van der Waals surface area contributed by atoms with Crippen molar-refractivity contribution in [3.8, 4) is 17.2 Å². The molecule has 0 spiro atoms. The predicted octanol–water partition coefficient (Wildman–Crippen LogP) is 3.35. The van der Waals surface area contributed by atoms with E-state index in [1.807, 2.05) is 0 Å². The SMILES string of the molecule is COC(=O)[C@@H](CC(=O)c1cccc(OC)c1)c1cc(=O)oc2c(OC)c(OC)ccc12. The lowest BCUT2D eigenvalue weighted by molar-refractivity contribution is -0.142. The maximum Gasteiger partial charge on any atom is 0.336 e. The van der Waals surface area contributed by atoms with Gasteiger partial charge in [0.15, 0.2) is 17.1 Å². The summed E-state index contributed by atoms with van der Waals surface area (Å²) in [6.07, 6.45) is -0.216. The predicted molar refractivity (Wildman–Crippen MR) is 112 cm³/mol. The first-order chi connectivity index (χ1) is 14.9. The minimum absolute atomic E-state index is 0.118. The van der Waals surface area contributed by atoms with E-state index < -0.39 is 17.5 Å². The normalized spacial score (nSPS) is 11.6. The first kappa shape index (κ1) is 21.9. The highest BCUT2D eigenvalue weighted by Gasteiger charge is 2.29. The standard InChI is InChI=1S/C23H22O8/c1-27-14-7-5-6-13(10-14)18(24)11-17(23(26)30-4)16-12-20(25)31-21-15(16)8-9-19(28-2)22(21)29-3/h5-10,12,17H,11H2,1-4H3/t17-/m0/s1. The third-order valence-corrected chi connectivity index (χ3v) is 4.93. The molecule has 0 saturated carbocycles. The molecule has 0 N–H and O–H groups in total. The topological polar surface area (TPSA) is 101 Å². The number of carbonyl (C=O) groups excluding carboxylic acids is 2. The summed E-state index contributed by atoms with van der Waals surface area (Å²) >= 11 is 0. The molecule has 0 saturated heterocycles. The van der Waals surface area contributed by atoms with Crippen LogP contribution < -0.4 is 19.8 Å². The Morgan fingerprint density at radius 3 is 2.39 bits per heavy atom. The van der Waals surface area contributed by atoms with Crippen molar-refractivity contribution in [2.45, 2.75) is 12.3 Å². The maximum absolute atomic E-state index is 13.0. The smallest absolute Gasteiger partial charge is 0.336 e. The number of ketones is 1. The first-order valence-electron chi connectivity index (χ1n) is 9.37. The molecule has 3 aromatic rings. The molecule has 0 aliphatic carbocycles. The zero-order valence-electron chi connectivity index (χ0n) is 17.6. The Morgan fingerprint density at radius 1 is 0.968 bits per heavy atom. The number of hydrogen-bond donors (Lipinski definition) is 0. The van der Waals surface area contributed by atoms with Gasteiger partial charge in [-0.2, -0.15) is 0 Å². The number of methoxy groups -OCH3 is 4. The fourth-order valence-electron chi connectivity index (χ4n) is 3.41. The van der Waals surface area contributed by atoms with Crippen LogP contribution in [0.15, 0.2) is 51.7 Å². The Hall–Kier alpha value is -3.81. The van der Waals surface area contributed by atoms with Crippen molar-refractivity contribution in [1.29, 1.82) is 0 Å². The van der Waals surface area contributed by atoms with Gasteiger partial charge < -0.3 is 23.4 Å². The fourth-order valence-corrected chi connectivity index (χ4v) is 3.41. The fraction of sp³-hybridized carbons (Fsp3) is 0.261. The van der Waals surface area contributed by atoms with Gasteiger partial charge in [0.2, 0.25) is 5.75 Å². The molecule has 8 nitrogen and oxygen atoms in total. The highest BCUT2D eigenvalue weighted by atomic mass is 16.5. The van der Waals surface area contributed by atoms with Crippen molar-refractivity contribution in [3.05, 3.63) is 64.0 Å². The number of carbonyl (C=O) groups is 2. The van der Waals surface area contributed by atoms with Gasteiger partial charge in [0, 0.05) is 23.4 Å². The van der Waals surface area contributed by atoms with Crippen molar-refractivity contribution in [2.75, 3.05) is 28.4 Å². The average molecular weight is 426 g/mol. The Balaban J connectivity index is 2.14. The van der Waals surface area contributed by atoms with E-state index >= 15 is 0 Å². The second-order valence-electron chi connectivity index (χ2n) is 6.63. The Kier molecular flexibility index (Phi) is 6.59. The highest BCUT2D eigenvalue weighted by molar-refractivity contribution is 6.01. The Bertz CT molecular complexity index is 1180. The molecule has 1 atom stereocenters. The highest BCUT2D eigenvalue weighted by Crippen LogP contribution is 2.38. The summed E-state index contributed by atoms with van der Waals surface area (Å²) in [6, 6.07) is 11.1. The quantitative estimate of drug-likeness (QED) is 0.307. The van der Waals surface area contributed by atoms with E-state index in [0.29, 0.717) is 28.0 Å². The van der Waals surface area contributed by atoms with Crippen LogP contribution in [0.5, 0.6) is 17.2 Å². The van der Waals surface area contributed by atoms with Gasteiger partial charge in [-0.05, 0) is 29.8 Å². The Morgan fingerprint density at radius 2 is 1.74 bits per heavy atom. The van der Waals surface area contributed by atoms with Crippen LogP contribution in [0, 0.1) is 0 Å². The number of fused-ring (bicyclic) bond motifs is 1. The van der Waals surface area contributed by atoms with Crippen LogP contribution >= 0.6 is 0 Å². The molecule has 0 amide bonds. The summed E-state index contributed by atoms with van der Waals surface area (Å²) < 4.78 is 26.0. The van der Waals surface area contributed by atoms with Gasteiger partial charge in [0.25, 0.3) is 0 Å². The number of rotatable bonds is 8. The maximum atomic E-state index is 13.0. The second-order valence-corrected chi connectivity index (χ2v) is 6.63. The van der Waals surface area contributed by atoms with Crippen LogP contribution in [-0.2, 0) is 9.53 Å². The molecule has 0 fully saturated rings. The molecular weight excluding hydrogens is 404 g/mol. The summed E-state index contributed by atoms with van der Waals surface area (Å²) in [6.45, 7) is 0. The van der Waals surface area contributed by atoms with Crippen molar-refractivity contribution < 1.29 is 33.0 Å². The first-order valence-corrected chi connectivity index (χ1v) is 9.37. The number of benzene rings is 2. The van der Waals surface area contributed by atoms with Gasteiger partial charge in [-0.15, -0.1) is 0 Å². The van der Waals surface area contributed by atoms with E-state index in [-0.39, 0.29) is 23.5 Å². The van der Waals surface area contributed by atoms with Gasteiger partial charge in [-0.1, -0.05) is 12.1 Å². The molecule has 1 heterocycles. The third-order valence-electron chi connectivity index (χ3n) is 4.93. The van der Waals surface area contributed by atoms with Crippen LogP contribution in [-0.4, -0.2) is 40.2 Å². The van der Waals surface area contributed by atoms with Crippen LogP contribution in [0.4, 0.5) is 0 Å². The lowest BCUT2D eigenvalue weighted by Crippen LogP contribution is -2.20. The van der Waals surface area contributed by atoms with Gasteiger partial charge >= 0.3 is 11.6 Å². The second kappa shape index (κ2) is 9.34. The average Bonchev–Trinajstić information content (AvgIpc) is 2.80. The van der Waals surface area contributed by atoms with E-state index in [9.17, 15) is 14.4 Å². The Labute approximate surface area is 178 Å². The molecule has 0 unspecified atom stereocenters. The van der Waals surface area contributed by atoms with Gasteiger partial charge in [-0.25, -0.2) is 4.79 Å². The monoisotopic (exact) mass is 426 g/mol. The van der Waals surface area contributed by atoms with Crippen molar-refractivity contribution >= 4 is 22.7 Å². The lowest BCUT2D eigenvalue weighted by atomic mass is 9.89. The van der Waals surface area contributed by atoms with Crippen molar-refractivity contribution in [2.24, 2.45) is 0 Å². The zero-order valence-corrected chi connectivity index (χ0v) is 17.6. The van der Waals surface area contributed by atoms with Crippen LogP contribution in [0.3, 0.4) is 0 Å². The molecule has 0 aliphatic heterocycles.